The minimum atomic E-state index is -0.829. The predicted octanol–water partition coefficient (Wildman–Crippen LogP) is 1.65. The highest BCUT2D eigenvalue weighted by atomic mass is 16.6. The van der Waals surface area contributed by atoms with Gasteiger partial charge in [0.1, 0.15) is 11.1 Å². The van der Waals surface area contributed by atoms with Gasteiger partial charge in [-0.1, -0.05) is 37.1 Å². The van der Waals surface area contributed by atoms with Crippen LogP contribution in [0.2, 0.25) is 0 Å². The Morgan fingerprint density at radius 3 is 1.32 bits per heavy atom. The first-order valence-corrected chi connectivity index (χ1v) is 11.4. The molecule has 2 aromatic rings. The maximum Gasteiger partial charge on any atom is 0.333 e. The van der Waals surface area contributed by atoms with E-state index in [1.54, 1.807) is 0 Å². The van der Waals surface area contributed by atoms with E-state index >= 15 is 0 Å². The number of nitrogens with zero attached hydrogens (tertiary/aromatic N) is 2. The van der Waals surface area contributed by atoms with Gasteiger partial charge >= 0.3 is 12.1 Å². The maximum absolute atomic E-state index is 12.0. The van der Waals surface area contributed by atoms with E-state index < -0.39 is 33.7 Å². The Morgan fingerprint density at radius 1 is 0.579 bits per heavy atom. The smallest absolute Gasteiger partial charge is 0.333 e. The van der Waals surface area contributed by atoms with Crippen LogP contribution < -0.4 is 32.3 Å². The van der Waals surface area contributed by atoms with Crippen LogP contribution in [-0.4, -0.2) is 46.8 Å². The molecule has 16 heteroatoms. The number of nitro benzene ring substituents is 2. The van der Waals surface area contributed by atoms with Crippen LogP contribution in [0.3, 0.4) is 0 Å². The Morgan fingerprint density at radius 2 is 0.947 bits per heavy atom. The quantitative estimate of drug-likeness (QED) is 0.142. The van der Waals surface area contributed by atoms with E-state index in [1.807, 2.05) is 0 Å². The molecule has 0 aliphatic heterocycles. The zero-order chi connectivity index (χ0) is 27.9. The van der Waals surface area contributed by atoms with Crippen LogP contribution in [0.5, 0.6) is 0 Å². The number of hydrogen-bond acceptors (Lipinski definition) is 8. The molecule has 0 heterocycles. The molecule has 0 atom stereocenters. The molecule has 2 rings (SSSR count). The second-order valence-electron chi connectivity index (χ2n) is 7.63. The highest BCUT2D eigenvalue weighted by Gasteiger charge is 2.20. The lowest BCUT2D eigenvalue weighted by Gasteiger charge is -2.10. The molecule has 0 saturated carbocycles. The average Bonchev–Trinajstić information content (AvgIpc) is 2.91. The van der Waals surface area contributed by atoms with E-state index in [2.05, 4.69) is 32.3 Å². The van der Waals surface area contributed by atoms with Crippen molar-refractivity contribution in [2.24, 2.45) is 0 Å². The predicted molar refractivity (Wildman–Crippen MR) is 133 cm³/mol. The van der Waals surface area contributed by atoms with Crippen molar-refractivity contribution in [3.8, 4) is 0 Å². The molecule has 202 valence electrons. The monoisotopic (exact) mass is 530 g/mol. The second-order valence-corrected chi connectivity index (χ2v) is 7.63. The molecule has 0 bridgehead atoms. The fourth-order valence-electron chi connectivity index (χ4n) is 3.11. The Bertz CT molecular complexity index is 1100. The number of unbranched alkanes of at least 4 members (excludes halogenated alkanes) is 3. The molecule has 0 aliphatic carbocycles. The largest absolute Gasteiger partial charge is 0.337 e. The molecule has 0 aromatic heterocycles. The summed E-state index contributed by atoms with van der Waals surface area (Å²) in [5.41, 5.74) is 7.28. The molecule has 0 aliphatic rings. The Labute approximate surface area is 215 Å². The number of benzene rings is 2. The summed E-state index contributed by atoms with van der Waals surface area (Å²) in [5, 5.41) is 27.0. The van der Waals surface area contributed by atoms with E-state index in [4.69, 9.17) is 0 Å². The number of nitrogens with one attached hydrogen (secondary N) is 6. The number of carbonyl (C=O) groups excluding carboxylic acids is 4. The van der Waals surface area contributed by atoms with Crippen LogP contribution in [0.1, 0.15) is 46.4 Å². The van der Waals surface area contributed by atoms with Gasteiger partial charge < -0.3 is 10.6 Å². The summed E-state index contributed by atoms with van der Waals surface area (Å²) >= 11 is 0. The summed E-state index contributed by atoms with van der Waals surface area (Å²) in [4.78, 5) is 68.2. The van der Waals surface area contributed by atoms with Crippen molar-refractivity contribution >= 4 is 35.3 Å². The first kappa shape index (κ1) is 29.0. The van der Waals surface area contributed by atoms with Gasteiger partial charge in [0.2, 0.25) is 0 Å². The van der Waals surface area contributed by atoms with Crippen molar-refractivity contribution in [3.63, 3.8) is 0 Å². The molecule has 0 saturated heterocycles. The van der Waals surface area contributed by atoms with Crippen LogP contribution in [0.4, 0.5) is 21.0 Å². The van der Waals surface area contributed by atoms with Crippen LogP contribution in [-0.2, 0) is 0 Å². The molecule has 16 nitrogen and oxygen atoms in total. The third kappa shape index (κ3) is 9.40. The molecular weight excluding hydrogens is 504 g/mol. The highest BCUT2D eigenvalue weighted by molar-refractivity contribution is 5.99. The SMILES string of the molecule is O=C(NCCCCCCNC(=O)NNC(=O)c1ccccc1[N+](=O)[O-])NNC(=O)c1ccccc1[N+](=O)[O-]. The van der Waals surface area contributed by atoms with Crippen molar-refractivity contribution in [2.45, 2.75) is 25.7 Å². The minimum absolute atomic E-state index is 0.192. The minimum Gasteiger partial charge on any atom is -0.337 e. The Hall–Kier alpha value is -5.28. The lowest BCUT2D eigenvalue weighted by molar-refractivity contribution is -0.385. The Balaban J connectivity index is 1.53. The number of para-hydroxylation sites is 2. The van der Waals surface area contributed by atoms with Crippen molar-refractivity contribution in [1.29, 1.82) is 0 Å². The summed E-state index contributed by atoms with van der Waals surface area (Å²) in [5.74, 6) is -1.66. The van der Waals surface area contributed by atoms with E-state index in [1.165, 1.54) is 48.5 Å². The van der Waals surface area contributed by atoms with Gasteiger partial charge in [0.25, 0.3) is 23.2 Å². The normalized spacial score (nSPS) is 10.0. The average molecular weight is 530 g/mol. The standard InChI is InChI=1S/C22H26N8O8/c31-19(15-9-3-5-11-17(15)29(35)36)25-27-21(33)23-13-7-1-2-8-14-24-22(34)28-26-20(32)16-10-4-6-12-18(16)30(37)38/h3-6,9-12H,1-2,7-8,13-14H2,(H,25,31)(H,26,32)(H2,23,27,33)(H2,24,28,34). The molecule has 38 heavy (non-hydrogen) atoms. The topological polar surface area (TPSA) is 227 Å². The van der Waals surface area contributed by atoms with Gasteiger partial charge in [-0.2, -0.15) is 0 Å². The van der Waals surface area contributed by atoms with Gasteiger partial charge in [0.15, 0.2) is 0 Å². The summed E-state index contributed by atoms with van der Waals surface area (Å²) in [6, 6.07) is 9.28. The van der Waals surface area contributed by atoms with Crippen molar-refractivity contribution < 1.29 is 29.0 Å². The maximum atomic E-state index is 12.0. The number of rotatable bonds is 11. The number of hydrogen-bond donors (Lipinski definition) is 6. The Kier molecular flexibility index (Phi) is 11.4. The number of hydrazine groups is 2. The van der Waals surface area contributed by atoms with E-state index in [0.29, 0.717) is 25.9 Å². The molecular formula is C22H26N8O8. The third-order valence-electron chi connectivity index (χ3n) is 4.94. The highest BCUT2D eigenvalue weighted by Crippen LogP contribution is 2.17. The molecule has 0 unspecified atom stereocenters. The zero-order valence-corrected chi connectivity index (χ0v) is 20.0. The van der Waals surface area contributed by atoms with Crippen molar-refractivity contribution in [3.05, 3.63) is 79.9 Å². The van der Waals surface area contributed by atoms with Gasteiger partial charge in [-0.3, -0.25) is 40.7 Å². The number of carbonyl (C=O) groups is 4. The molecule has 0 fully saturated rings. The number of urea groups is 2. The van der Waals surface area contributed by atoms with Gasteiger partial charge in [0.05, 0.1) is 9.85 Å². The molecule has 6 N–H and O–H groups in total. The lowest BCUT2D eigenvalue weighted by atomic mass is 10.2. The fraction of sp³-hybridized carbons (Fsp3) is 0.273. The van der Waals surface area contributed by atoms with Gasteiger partial charge in [0, 0.05) is 25.2 Å². The summed E-state index contributed by atoms with van der Waals surface area (Å²) < 4.78 is 0. The van der Waals surface area contributed by atoms with Crippen molar-refractivity contribution in [1.82, 2.24) is 32.3 Å². The summed E-state index contributed by atoms with van der Waals surface area (Å²) in [7, 11) is 0. The van der Waals surface area contributed by atoms with Gasteiger partial charge in [-0.25, -0.2) is 20.4 Å². The molecule has 6 amide bonds. The number of amides is 6. The second kappa shape index (κ2) is 15.0. The third-order valence-corrected chi connectivity index (χ3v) is 4.94. The van der Waals surface area contributed by atoms with Crippen LogP contribution in [0, 0.1) is 20.2 Å². The van der Waals surface area contributed by atoms with Crippen LogP contribution in [0.25, 0.3) is 0 Å². The molecule has 0 spiro atoms. The first-order chi connectivity index (χ1) is 18.2. The number of nitro groups is 2. The summed E-state index contributed by atoms with van der Waals surface area (Å²) in [6.45, 7) is 0.609. The van der Waals surface area contributed by atoms with E-state index in [-0.39, 0.29) is 22.5 Å². The van der Waals surface area contributed by atoms with Crippen molar-refractivity contribution in [2.75, 3.05) is 13.1 Å². The van der Waals surface area contributed by atoms with E-state index in [0.717, 1.165) is 12.8 Å². The summed E-state index contributed by atoms with van der Waals surface area (Å²) in [6.07, 6.45) is 2.67. The molecule has 0 radical (unpaired) electrons. The first-order valence-electron chi connectivity index (χ1n) is 11.4. The fourth-order valence-corrected chi connectivity index (χ4v) is 3.11. The van der Waals surface area contributed by atoms with Gasteiger partial charge in [-0.05, 0) is 25.0 Å². The zero-order valence-electron chi connectivity index (χ0n) is 20.0. The molecule has 2 aromatic carbocycles. The van der Waals surface area contributed by atoms with Crippen LogP contribution >= 0.6 is 0 Å². The lowest BCUT2D eigenvalue weighted by Crippen LogP contribution is -2.47. The van der Waals surface area contributed by atoms with E-state index in [9.17, 15) is 39.4 Å². The van der Waals surface area contributed by atoms with Gasteiger partial charge in [-0.15, -0.1) is 0 Å². The van der Waals surface area contributed by atoms with Crippen LogP contribution in [0.15, 0.2) is 48.5 Å².